The van der Waals surface area contributed by atoms with E-state index in [1.807, 2.05) is 0 Å². The molecule has 0 aromatic rings. The molecular formula is C15H18O4. The van der Waals surface area contributed by atoms with Gasteiger partial charge in [-0.1, -0.05) is 6.92 Å². The zero-order chi connectivity index (χ0) is 13.5. The maximum atomic E-state index is 11.7. The maximum absolute atomic E-state index is 11.7. The van der Waals surface area contributed by atoms with E-state index in [0.29, 0.717) is 17.4 Å². The summed E-state index contributed by atoms with van der Waals surface area (Å²) in [6.45, 7) is 3.89. The fraction of sp³-hybridized carbons (Fsp3) is 0.667. The van der Waals surface area contributed by atoms with E-state index in [4.69, 9.17) is 4.74 Å². The van der Waals surface area contributed by atoms with Gasteiger partial charge in [-0.25, -0.2) is 4.79 Å². The van der Waals surface area contributed by atoms with Crippen molar-refractivity contribution in [2.75, 3.05) is 6.61 Å². The normalized spacial score (nSPS) is 47.1. The monoisotopic (exact) mass is 262 g/mol. The van der Waals surface area contributed by atoms with Crippen molar-refractivity contribution in [1.29, 1.82) is 0 Å². The lowest BCUT2D eigenvalue weighted by atomic mass is 9.65. The first kappa shape index (κ1) is 11.7. The van der Waals surface area contributed by atoms with E-state index in [2.05, 4.69) is 6.92 Å². The second-order valence-electron chi connectivity index (χ2n) is 6.54. The molecule has 0 radical (unpaired) electrons. The molecule has 0 amide bonds. The van der Waals surface area contributed by atoms with Crippen LogP contribution >= 0.6 is 0 Å². The van der Waals surface area contributed by atoms with Crippen LogP contribution in [0.2, 0.25) is 0 Å². The van der Waals surface area contributed by atoms with Gasteiger partial charge in [0.05, 0.1) is 6.61 Å². The van der Waals surface area contributed by atoms with Crippen molar-refractivity contribution in [1.82, 2.24) is 0 Å². The highest BCUT2D eigenvalue weighted by Gasteiger charge is 2.65. The molecule has 4 heteroatoms. The van der Waals surface area contributed by atoms with Gasteiger partial charge in [0.15, 0.2) is 0 Å². The Kier molecular flexibility index (Phi) is 2.03. The smallest absolute Gasteiger partial charge is 0.334 e. The van der Waals surface area contributed by atoms with Crippen LogP contribution < -0.4 is 0 Å². The van der Waals surface area contributed by atoms with E-state index < -0.39 is 6.10 Å². The first-order chi connectivity index (χ1) is 8.99. The van der Waals surface area contributed by atoms with Crippen molar-refractivity contribution in [2.45, 2.75) is 38.9 Å². The zero-order valence-electron chi connectivity index (χ0n) is 11.1. The highest BCUT2D eigenvalue weighted by Crippen LogP contribution is 2.69. The zero-order valence-corrected chi connectivity index (χ0v) is 11.1. The lowest BCUT2D eigenvalue weighted by molar-refractivity contribution is -0.141. The molecule has 4 rings (SSSR count). The van der Waals surface area contributed by atoms with Crippen molar-refractivity contribution in [3.05, 3.63) is 22.3 Å². The van der Waals surface area contributed by atoms with Crippen LogP contribution in [0.4, 0.5) is 0 Å². The second kappa shape index (κ2) is 3.30. The molecule has 5 atom stereocenters. The van der Waals surface area contributed by atoms with Crippen LogP contribution in [0.1, 0.15) is 26.7 Å². The molecule has 0 aromatic carbocycles. The van der Waals surface area contributed by atoms with Crippen LogP contribution in [0.15, 0.2) is 22.3 Å². The van der Waals surface area contributed by atoms with Gasteiger partial charge in [-0.05, 0) is 48.2 Å². The third kappa shape index (κ3) is 1.20. The predicted molar refractivity (Wildman–Crippen MR) is 67.0 cm³/mol. The first-order valence-electron chi connectivity index (χ1n) is 6.93. The maximum Gasteiger partial charge on any atom is 0.334 e. The summed E-state index contributed by atoms with van der Waals surface area (Å²) in [7, 11) is 0. The molecule has 102 valence electrons. The highest BCUT2D eigenvalue weighted by molar-refractivity contribution is 5.92. The molecule has 0 bridgehead atoms. The molecule has 2 N–H and O–H groups in total. The Morgan fingerprint density at radius 2 is 2.21 bits per heavy atom. The number of rotatable bonds is 1. The molecule has 4 nitrogen and oxygen atoms in total. The predicted octanol–water partition coefficient (Wildman–Crippen LogP) is 0.938. The molecule has 2 fully saturated rings. The average molecular weight is 262 g/mol. The Morgan fingerprint density at radius 3 is 2.89 bits per heavy atom. The molecular weight excluding hydrogens is 244 g/mol. The summed E-state index contributed by atoms with van der Waals surface area (Å²) in [4.78, 5) is 11.7. The van der Waals surface area contributed by atoms with E-state index in [1.54, 1.807) is 6.92 Å². The van der Waals surface area contributed by atoms with Gasteiger partial charge in [0.25, 0.3) is 0 Å². The molecule has 3 aliphatic carbocycles. The number of fused-ring (bicyclic) bond motifs is 4. The molecule has 0 aromatic heterocycles. The Labute approximate surface area is 111 Å². The minimum atomic E-state index is -0.745. The summed E-state index contributed by atoms with van der Waals surface area (Å²) in [5.74, 6) is 0.650. The lowest BCUT2D eigenvalue weighted by Crippen LogP contribution is -2.41. The van der Waals surface area contributed by atoms with Gasteiger partial charge in [-0.2, -0.15) is 0 Å². The summed E-state index contributed by atoms with van der Waals surface area (Å²) >= 11 is 0. The summed E-state index contributed by atoms with van der Waals surface area (Å²) in [6.07, 6.45) is 0.838. The average Bonchev–Trinajstić information content (AvgIpc) is 3.04. The minimum absolute atomic E-state index is 0.0228. The van der Waals surface area contributed by atoms with E-state index in [9.17, 15) is 15.0 Å². The largest absolute Gasteiger partial charge is 0.454 e. The van der Waals surface area contributed by atoms with Crippen LogP contribution in [-0.2, 0) is 9.53 Å². The summed E-state index contributed by atoms with van der Waals surface area (Å²) in [6, 6.07) is 0. The molecule has 0 spiro atoms. The van der Waals surface area contributed by atoms with Crippen LogP contribution in [-0.4, -0.2) is 35.0 Å². The van der Waals surface area contributed by atoms with E-state index in [0.717, 1.165) is 29.6 Å². The van der Waals surface area contributed by atoms with Crippen LogP contribution in [0.5, 0.6) is 0 Å². The van der Waals surface area contributed by atoms with Crippen molar-refractivity contribution in [2.24, 2.45) is 17.3 Å². The Balaban J connectivity index is 1.88. The number of aliphatic hydroxyl groups is 2. The van der Waals surface area contributed by atoms with Crippen LogP contribution in [0.3, 0.4) is 0 Å². The topological polar surface area (TPSA) is 66.8 Å². The molecule has 1 aliphatic heterocycles. The van der Waals surface area contributed by atoms with Gasteiger partial charge in [-0.15, -0.1) is 0 Å². The van der Waals surface area contributed by atoms with Crippen molar-refractivity contribution in [3.63, 3.8) is 0 Å². The van der Waals surface area contributed by atoms with Crippen LogP contribution in [0, 0.1) is 17.3 Å². The van der Waals surface area contributed by atoms with Crippen molar-refractivity contribution in [3.8, 4) is 0 Å². The highest BCUT2D eigenvalue weighted by atomic mass is 16.5. The molecule has 0 saturated heterocycles. The van der Waals surface area contributed by atoms with Gasteiger partial charge < -0.3 is 14.9 Å². The third-order valence-electron chi connectivity index (χ3n) is 5.70. The van der Waals surface area contributed by atoms with Crippen molar-refractivity contribution >= 4 is 5.97 Å². The number of esters is 1. The summed E-state index contributed by atoms with van der Waals surface area (Å²) in [5.41, 5.74) is 3.15. The fourth-order valence-corrected chi connectivity index (χ4v) is 4.72. The van der Waals surface area contributed by atoms with Gasteiger partial charge in [0.1, 0.15) is 12.2 Å². The minimum Gasteiger partial charge on any atom is -0.454 e. The second-order valence-corrected chi connectivity index (χ2v) is 6.54. The molecule has 4 aliphatic rings. The number of aliphatic hydroxyl groups excluding tert-OH is 2. The summed E-state index contributed by atoms with van der Waals surface area (Å²) < 4.78 is 5.40. The number of carbonyl (C=O) groups is 1. The van der Waals surface area contributed by atoms with E-state index in [-0.39, 0.29) is 24.1 Å². The van der Waals surface area contributed by atoms with E-state index >= 15 is 0 Å². The number of hydrogen-bond donors (Lipinski definition) is 2. The van der Waals surface area contributed by atoms with Gasteiger partial charge in [0.2, 0.25) is 0 Å². The van der Waals surface area contributed by atoms with Crippen molar-refractivity contribution < 1.29 is 19.7 Å². The summed E-state index contributed by atoms with van der Waals surface area (Å²) in [5, 5.41) is 20.3. The van der Waals surface area contributed by atoms with Gasteiger partial charge >= 0.3 is 5.97 Å². The first-order valence-corrected chi connectivity index (χ1v) is 6.93. The number of carbonyl (C=O) groups excluding carboxylic acids is 1. The standard InChI is InChI=1S/C15H18O4/c1-6-11-10(19-14(6)18)4-15(2)9-3-7(9)8(5-16)12(15)13(11)17/h7,9-10,13,16-17H,3-5H2,1-2H3/t7-,9-,10+,13?,15+/m1/s1. The van der Waals surface area contributed by atoms with Gasteiger partial charge in [0, 0.05) is 11.1 Å². The van der Waals surface area contributed by atoms with Crippen LogP contribution in [0.25, 0.3) is 0 Å². The molecule has 1 heterocycles. The molecule has 2 saturated carbocycles. The number of hydrogen-bond acceptors (Lipinski definition) is 4. The Bertz CT molecular complexity index is 558. The van der Waals surface area contributed by atoms with Gasteiger partial charge in [-0.3, -0.25) is 0 Å². The Hall–Kier alpha value is -1.13. The third-order valence-corrected chi connectivity index (χ3v) is 5.70. The lowest BCUT2D eigenvalue weighted by Gasteiger charge is -2.41. The molecule has 1 unspecified atom stereocenters. The van der Waals surface area contributed by atoms with E-state index in [1.165, 1.54) is 0 Å². The Morgan fingerprint density at radius 1 is 1.47 bits per heavy atom. The quantitative estimate of drug-likeness (QED) is 0.545. The number of ether oxygens (including phenoxy) is 1. The SMILES string of the molecule is CC1=C2C(O)C3=C(CO)[C@H]4C[C@H]4[C@]3(C)C[C@@H]2OC1=O. The molecule has 19 heavy (non-hydrogen) atoms. The fourth-order valence-electron chi connectivity index (χ4n) is 4.72.